The van der Waals surface area contributed by atoms with Crippen molar-refractivity contribution in [3.63, 3.8) is 0 Å². The first-order valence-electron chi connectivity index (χ1n) is 8.62. The molecule has 8 heteroatoms. The summed E-state index contributed by atoms with van der Waals surface area (Å²) in [4.78, 5) is 27.2. The number of hydroxylamine groups is 2. The Morgan fingerprint density at radius 1 is 1.00 bits per heavy atom. The summed E-state index contributed by atoms with van der Waals surface area (Å²) in [6.45, 7) is 0. The van der Waals surface area contributed by atoms with Crippen molar-refractivity contribution in [2.24, 2.45) is 0 Å². The molecule has 0 N–H and O–H groups in total. The van der Waals surface area contributed by atoms with Crippen molar-refractivity contribution < 1.29 is 14.6 Å². The normalized spacial score (nSPS) is 32.5. The molecule has 2 aliphatic carbocycles. The smallest absolute Gasteiger partial charge is 0.265 e. The number of hydrogen-bond donors (Lipinski definition) is 0. The van der Waals surface area contributed by atoms with Gasteiger partial charge in [0.15, 0.2) is 5.82 Å². The molecule has 0 unspecified atom stereocenters. The summed E-state index contributed by atoms with van der Waals surface area (Å²) in [7, 11) is 0. The summed E-state index contributed by atoms with van der Waals surface area (Å²) < 4.78 is 0. The van der Waals surface area contributed by atoms with Gasteiger partial charge in [0, 0.05) is 6.07 Å². The van der Waals surface area contributed by atoms with Gasteiger partial charge in [-0.25, -0.2) is 15.1 Å². The predicted octanol–water partition coefficient (Wildman–Crippen LogP) is 2.67. The number of anilines is 2. The molecule has 2 fully saturated rings. The Labute approximate surface area is 144 Å². The summed E-state index contributed by atoms with van der Waals surface area (Å²) in [5, 5.41) is 14.8. The lowest BCUT2D eigenvalue weighted by atomic mass is 9.97. The fourth-order valence-corrected chi connectivity index (χ4v) is 3.88. The van der Waals surface area contributed by atoms with Gasteiger partial charge in [-0.2, -0.15) is 0 Å². The zero-order chi connectivity index (χ0) is 17.0. The van der Waals surface area contributed by atoms with Gasteiger partial charge >= 0.3 is 0 Å². The highest BCUT2D eigenvalue weighted by molar-refractivity contribution is 5.70. The molecule has 25 heavy (non-hydrogen) atoms. The van der Waals surface area contributed by atoms with Crippen LogP contribution in [-0.4, -0.2) is 34.2 Å². The third-order valence-corrected chi connectivity index (χ3v) is 5.18. The van der Waals surface area contributed by atoms with Gasteiger partial charge in [-0.15, -0.1) is 0 Å². The molecule has 6 aliphatic rings. The SMILES string of the molecule is O=[N+]([O-])c1cnc(N2O[C@H]3C=C[C@@H]2CC3)c(N2O[C@H]3C=C[C@@H]2CC3)c1. The maximum absolute atomic E-state index is 11.2. The average Bonchev–Trinajstić information content (AvgIpc) is 2.69. The molecule has 8 nitrogen and oxygen atoms in total. The molecule has 0 spiro atoms. The highest BCUT2D eigenvalue weighted by Gasteiger charge is 2.38. The second-order valence-corrected chi connectivity index (χ2v) is 6.79. The van der Waals surface area contributed by atoms with Gasteiger partial charge in [0.1, 0.15) is 24.1 Å². The van der Waals surface area contributed by atoms with Crippen molar-refractivity contribution in [1.29, 1.82) is 0 Å². The maximum atomic E-state index is 11.2. The molecule has 0 aromatic carbocycles. The van der Waals surface area contributed by atoms with Crippen LogP contribution in [0.5, 0.6) is 0 Å². The molecule has 4 atom stereocenters. The van der Waals surface area contributed by atoms with E-state index in [2.05, 4.69) is 29.3 Å². The van der Waals surface area contributed by atoms with Gasteiger partial charge in [0.25, 0.3) is 5.69 Å². The number of fused-ring (bicyclic) bond motifs is 4. The number of pyridine rings is 1. The molecular weight excluding hydrogens is 324 g/mol. The van der Waals surface area contributed by atoms with Crippen LogP contribution in [0.3, 0.4) is 0 Å². The number of rotatable bonds is 3. The Balaban J connectivity index is 1.58. The molecular formula is C17H18N4O4. The summed E-state index contributed by atoms with van der Waals surface area (Å²) in [5.74, 6) is 0.575. The van der Waals surface area contributed by atoms with Gasteiger partial charge < -0.3 is 0 Å². The topological polar surface area (TPSA) is 81.0 Å². The highest BCUT2D eigenvalue weighted by Crippen LogP contribution is 2.41. The fourth-order valence-electron chi connectivity index (χ4n) is 3.88. The Bertz CT molecular complexity index is 780. The zero-order valence-electron chi connectivity index (χ0n) is 13.5. The molecule has 1 aromatic rings. The van der Waals surface area contributed by atoms with Gasteiger partial charge in [-0.05, 0) is 25.7 Å². The van der Waals surface area contributed by atoms with Crippen molar-refractivity contribution in [1.82, 2.24) is 4.98 Å². The van der Waals surface area contributed by atoms with Crippen molar-refractivity contribution in [3.05, 3.63) is 46.7 Å². The first kappa shape index (κ1) is 14.9. The van der Waals surface area contributed by atoms with Crippen LogP contribution in [0.1, 0.15) is 25.7 Å². The molecule has 7 rings (SSSR count). The van der Waals surface area contributed by atoms with E-state index in [9.17, 15) is 10.1 Å². The largest absolute Gasteiger partial charge is 0.289 e. The average molecular weight is 342 g/mol. The molecule has 1 aromatic heterocycles. The highest BCUT2D eigenvalue weighted by atomic mass is 16.7. The second kappa shape index (κ2) is 5.53. The van der Waals surface area contributed by atoms with E-state index in [1.54, 1.807) is 10.1 Å². The number of hydrogen-bond acceptors (Lipinski definition) is 7. The Morgan fingerprint density at radius 2 is 1.64 bits per heavy atom. The minimum Gasteiger partial charge on any atom is -0.265 e. The maximum Gasteiger partial charge on any atom is 0.289 e. The van der Waals surface area contributed by atoms with Crippen molar-refractivity contribution in [3.8, 4) is 0 Å². The second-order valence-electron chi connectivity index (χ2n) is 6.79. The van der Waals surface area contributed by atoms with E-state index in [4.69, 9.17) is 9.68 Å². The van der Waals surface area contributed by atoms with E-state index in [1.165, 1.54) is 12.3 Å². The molecule has 5 heterocycles. The minimum atomic E-state index is -0.429. The van der Waals surface area contributed by atoms with E-state index >= 15 is 0 Å². The monoisotopic (exact) mass is 342 g/mol. The summed E-state index contributed by atoms with van der Waals surface area (Å²) >= 11 is 0. The van der Waals surface area contributed by atoms with Gasteiger partial charge in [0.05, 0.1) is 17.0 Å². The lowest BCUT2D eigenvalue weighted by Gasteiger charge is -2.45. The van der Waals surface area contributed by atoms with Crippen LogP contribution in [0.2, 0.25) is 0 Å². The van der Waals surface area contributed by atoms with Crippen molar-refractivity contribution in [2.45, 2.75) is 50.0 Å². The minimum absolute atomic E-state index is 0.00994. The fraction of sp³-hybridized carbons (Fsp3) is 0.471. The van der Waals surface area contributed by atoms with E-state index < -0.39 is 4.92 Å². The van der Waals surface area contributed by atoms with Crippen LogP contribution >= 0.6 is 0 Å². The van der Waals surface area contributed by atoms with Crippen molar-refractivity contribution in [2.75, 3.05) is 10.1 Å². The summed E-state index contributed by atoms with van der Waals surface area (Å²) in [5.41, 5.74) is 0.541. The van der Waals surface area contributed by atoms with E-state index in [0.717, 1.165) is 25.7 Å². The zero-order valence-corrected chi connectivity index (χ0v) is 13.5. The Kier molecular flexibility index (Phi) is 3.29. The van der Waals surface area contributed by atoms with Gasteiger partial charge in [0.2, 0.25) is 0 Å². The van der Waals surface area contributed by atoms with Crippen LogP contribution in [0.4, 0.5) is 17.2 Å². The van der Waals surface area contributed by atoms with Crippen LogP contribution in [0.25, 0.3) is 0 Å². The molecule has 0 amide bonds. The van der Waals surface area contributed by atoms with Crippen LogP contribution in [-0.2, 0) is 9.68 Å². The molecule has 4 aliphatic heterocycles. The molecule has 0 radical (unpaired) electrons. The third kappa shape index (κ3) is 2.40. The molecule has 130 valence electrons. The van der Waals surface area contributed by atoms with Crippen LogP contribution < -0.4 is 10.1 Å². The van der Waals surface area contributed by atoms with E-state index in [0.29, 0.717) is 11.5 Å². The van der Waals surface area contributed by atoms with Gasteiger partial charge in [-0.3, -0.25) is 19.8 Å². The van der Waals surface area contributed by atoms with Crippen LogP contribution in [0, 0.1) is 10.1 Å². The lowest BCUT2D eigenvalue weighted by molar-refractivity contribution is -0.385. The first-order valence-corrected chi connectivity index (χ1v) is 8.62. The standard InChI is InChI=1S/C17H18N4O4/c22-21(23)13-9-16(19-11-1-5-14(24-19)6-2-11)17(18-10-13)20-12-3-7-15(25-20)8-4-12/h1,3,5,7,9-12,14-15H,2,4,6,8H2/t11-,12-,14+,15+/m1/s1. The van der Waals surface area contributed by atoms with Crippen molar-refractivity contribution >= 4 is 17.2 Å². The Hall–Kier alpha value is -2.45. The summed E-state index contributed by atoms with van der Waals surface area (Å²) in [6.07, 6.45) is 13.5. The first-order chi connectivity index (χ1) is 12.2. The Morgan fingerprint density at radius 3 is 2.12 bits per heavy atom. The van der Waals surface area contributed by atoms with Gasteiger partial charge in [-0.1, -0.05) is 24.3 Å². The molecule has 2 saturated heterocycles. The number of aromatic nitrogens is 1. The van der Waals surface area contributed by atoms with E-state index in [-0.39, 0.29) is 30.0 Å². The number of nitrogens with zero attached hydrogens (tertiary/aromatic N) is 4. The number of nitro groups is 1. The quantitative estimate of drug-likeness (QED) is 0.474. The lowest BCUT2D eigenvalue weighted by Crippen LogP contribution is -2.49. The summed E-state index contributed by atoms with van der Waals surface area (Å²) in [6, 6.07) is 1.69. The predicted molar refractivity (Wildman–Crippen MR) is 89.9 cm³/mol. The van der Waals surface area contributed by atoms with E-state index in [1.807, 2.05) is 0 Å². The molecule has 4 bridgehead atoms. The van der Waals surface area contributed by atoms with Crippen LogP contribution in [0.15, 0.2) is 36.6 Å². The third-order valence-electron chi connectivity index (χ3n) is 5.18. The molecule has 0 saturated carbocycles.